The SMILES string of the molecule is CCOP(=O)(/C=C/[C@H]1OC(OC)C(OCc2ccccc2)C(OCc2ccccc2)C1O)OCC. The minimum atomic E-state index is -3.48. The molecule has 192 valence electrons. The van der Waals surface area contributed by atoms with E-state index in [9.17, 15) is 9.67 Å². The first-order valence-corrected chi connectivity index (χ1v) is 13.4. The van der Waals surface area contributed by atoms with Gasteiger partial charge < -0.3 is 33.1 Å². The Labute approximate surface area is 207 Å². The van der Waals surface area contributed by atoms with Crippen molar-refractivity contribution in [2.24, 2.45) is 0 Å². The van der Waals surface area contributed by atoms with Crippen LogP contribution in [0, 0.1) is 0 Å². The van der Waals surface area contributed by atoms with Gasteiger partial charge in [-0.05, 0) is 31.1 Å². The molecule has 0 saturated carbocycles. The molecule has 2 aromatic carbocycles. The van der Waals surface area contributed by atoms with Crippen LogP contribution in [0.5, 0.6) is 0 Å². The summed E-state index contributed by atoms with van der Waals surface area (Å²) in [5.74, 6) is 1.32. The average molecular weight is 507 g/mol. The van der Waals surface area contributed by atoms with Crippen LogP contribution in [0.3, 0.4) is 0 Å². The summed E-state index contributed by atoms with van der Waals surface area (Å²) < 4.78 is 47.4. The zero-order valence-corrected chi connectivity index (χ0v) is 21.3. The van der Waals surface area contributed by atoms with Crippen molar-refractivity contribution >= 4 is 7.60 Å². The number of ether oxygens (including phenoxy) is 4. The first kappa shape index (κ1) is 27.7. The van der Waals surface area contributed by atoms with Gasteiger partial charge in [0.1, 0.15) is 24.4 Å². The maximum Gasteiger partial charge on any atom is 0.353 e. The lowest BCUT2D eigenvalue weighted by Gasteiger charge is -2.43. The Balaban J connectivity index is 1.81. The number of hydrogen-bond acceptors (Lipinski definition) is 8. The fraction of sp³-hybridized carbons (Fsp3) is 0.462. The van der Waals surface area contributed by atoms with Crippen LogP contribution >= 0.6 is 7.60 Å². The smallest absolute Gasteiger partial charge is 0.353 e. The van der Waals surface area contributed by atoms with E-state index in [1.165, 1.54) is 19.0 Å². The molecule has 4 unspecified atom stereocenters. The van der Waals surface area contributed by atoms with E-state index < -0.39 is 38.3 Å². The van der Waals surface area contributed by atoms with E-state index in [1.54, 1.807) is 13.8 Å². The number of hydrogen-bond donors (Lipinski definition) is 1. The molecule has 1 heterocycles. The summed E-state index contributed by atoms with van der Waals surface area (Å²) in [4.78, 5) is 0. The molecule has 35 heavy (non-hydrogen) atoms. The van der Waals surface area contributed by atoms with Gasteiger partial charge in [-0.3, -0.25) is 4.57 Å². The molecule has 1 N–H and O–H groups in total. The molecule has 0 radical (unpaired) electrons. The van der Waals surface area contributed by atoms with Crippen LogP contribution in [-0.2, 0) is 45.8 Å². The molecule has 8 nitrogen and oxygen atoms in total. The highest BCUT2D eigenvalue weighted by atomic mass is 31.2. The highest BCUT2D eigenvalue weighted by Crippen LogP contribution is 2.50. The van der Waals surface area contributed by atoms with Gasteiger partial charge in [0.05, 0.1) is 26.4 Å². The Kier molecular flexibility index (Phi) is 11.1. The first-order chi connectivity index (χ1) is 17.0. The number of aliphatic hydroxyl groups is 1. The van der Waals surface area contributed by atoms with Crippen molar-refractivity contribution in [1.82, 2.24) is 0 Å². The second-order valence-corrected chi connectivity index (χ2v) is 9.83. The molecule has 1 fully saturated rings. The van der Waals surface area contributed by atoms with Crippen LogP contribution in [0.2, 0.25) is 0 Å². The van der Waals surface area contributed by atoms with Gasteiger partial charge in [-0.25, -0.2) is 0 Å². The topological polar surface area (TPSA) is 92.7 Å². The van der Waals surface area contributed by atoms with Gasteiger partial charge >= 0.3 is 7.60 Å². The fourth-order valence-corrected chi connectivity index (χ4v) is 5.12. The Morgan fingerprint density at radius 2 is 1.40 bits per heavy atom. The van der Waals surface area contributed by atoms with Crippen LogP contribution < -0.4 is 0 Å². The largest absolute Gasteiger partial charge is 0.387 e. The van der Waals surface area contributed by atoms with Crippen molar-refractivity contribution in [1.29, 1.82) is 0 Å². The van der Waals surface area contributed by atoms with Crippen molar-refractivity contribution in [2.45, 2.75) is 57.8 Å². The van der Waals surface area contributed by atoms with Gasteiger partial charge in [0, 0.05) is 12.9 Å². The quantitative estimate of drug-likeness (QED) is 0.392. The van der Waals surface area contributed by atoms with E-state index in [2.05, 4.69) is 0 Å². The van der Waals surface area contributed by atoms with Gasteiger partial charge in [0.15, 0.2) is 6.29 Å². The number of aliphatic hydroxyl groups excluding tert-OH is 1. The monoisotopic (exact) mass is 506 g/mol. The van der Waals surface area contributed by atoms with Gasteiger partial charge in [-0.15, -0.1) is 0 Å². The second kappa shape index (κ2) is 14.0. The lowest BCUT2D eigenvalue weighted by atomic mass is 9.98. The summed E-state index contributed by atoms with van der Waals surface area (Å²) in [7, 11) is -1.97. The lowest BCUT2D eigenvalue weighted by molar-refractivity contribution is -0.301. The molecule has 1 aliphatic rings. The number of benzene rings is 2. The Morgan fingerprint density at radius 3 is 1.89 bits per heavy atom. The predicted molar refractivity (Wildman–Crippen MR) is 132 cm³/mol. The minimum Gasteiger partial charge on any atom is -0.387 e. The number of methoxy groups -OCH3 is 1. The molecular formula is C26H35O8P. The molecule has 9 heteroatoms. The van der Waals surface area contributed by atoms with Gasteiger partial charge in [-0.2, -0.15) is 0 Å². The van der Waals surface area contributed by atoms with E-state index in [0.29, 0.717) is 0 Å². The molecule has 0 aromatic heterocycles. The fourth-order valence-electron chi connectivity index (χ4n) is 3.77. The summed E-state index contributed by atoms with van der Waals surface area (Å²) in [6, 6.07) is 19.3. The zero-order valence-electron chi connectivity index (χ0n) is 20.4. The predicted octanol–water partition coefficient (Wildman–Crippen LogP) is 4.67. The Morgan fingerprint density at radius 1 is 0.886 bits per heavy atom. The molecule has 0 bridgehead atoms. The summed E-state index contributed by atoms with van der Waals surface area (Å²) in [6.07, 6.45) is -2.86. The third-order valence-electron chi connectivity index (χ3n) is 5.44. The van der Waals surface area contributed by atoms with Crippen LogP contribution in [0.25, 0.3) is 0 Å². The van der Waals surface area contributed by atoms with Gasteiger partial charge in [0.2, 0.25) is 0 Å². The Hall–Kier alpha value is -1.87. The maximum atomic E-state index is 12.9. The third-order valence-corrected chi connectivity index (χ3v) is 7.21. The minimum absolute atomic E-state index is 0.217. The molecule has 2 aromatic rings. The summed E-state index contributed by atoms with van der Waals surface area (Å²) >= 11 is 0. The van der Waals surface area contributed by atoms with E-state index in [-0.39, 0.29) is 26.4 Å². The van der Waals surface area contributed by atoms with Gasteiger partial charge in [0.25, 0.3) is 0 Å². The molecule has 0 aliphatic carbocycles. The number of rotatable bonds is 13. The normalized spacial score (nSPS) is 25.2. The van der Waals surface area contributed by atoms with E-state index in [4.69, 9.17) is 28.0 Å². The van der Waals surface area contributed by atoms with Crippen molar-refractivity contribution < 1.29 is 37.7 Å². The van der Waals surface area contributed by atoms with Crippen molar-refractivity contribution in [3.8, 4) is 0 Å². The summed E-state index contributed by atoms with van der Waals surface area (Å²) in [5, 5.41) is 11.2. The molecule has 5 atom stereocenters. The molecule has 1 saturated heterocycles. The first-order valence-electron chi connectivity index (χ1n) is 11.7. The zero-order chi connectivity index (χ0) is 25.1. The van der Waals surface area contributed by atoms with Crippen molar-refractivity contribution in [2.75, 3.05) is 20.3 Å². The van der Waals surface area contributed by atoms with Crippen LogP contribution in [0.15, 0.2) is 72.6 Å². The molecule has 0 spiro atoms. The highest BCUT2D eigenvalue weighted by molar-refractivity contribution is 7.57. The summed E-state index contributed by atoms with van der Waals surface area (Å²) in [6.45, 7) is 4.44. The standard InChI is InChI=1S/C26H35O8P/c1-4-32-35(28,33-5-2)17-16-22-23(27)24(30-18-20-12-8-6-9-13-20)25(26(29-3)34-22)31-19-21-14-10-7-11-15-21/h6-17,22-27H,4-5,18-19H2,1-3H3/b17-16+/t22-,23?,24?,25?,26?/m1/s1. The second-order valence-electron chi connectivity index (χ2n) is 7.93. The van der Waals surface area contributed by atoms with E-state index in [1.807, 2.05) is 60.7 Å². The van der Waals surface area contributed by atoms with Crippen LogP contribution in [-0.4, -0.2) is 56.1 Å². The van der Waals surface area contributed by atoms with Crippen molar-refractivity contribution in [3.05, 3.63) is 83.7 Å². The Bertz CT molecular complexity index is 929. The summed E-state index contributed by atoms with van der Waals surface area (Å²) in [5.41, 5.74) is 1.92. The van der Waals surface area contributed by atoms with E-state index >= 15 is 0 Å². The molecular weight excluding hydrogens is 471 g/mol. The van der Waals surface area contributed by atoms with Crippen LogP contribution in [0.4, 0.5) is 0 Å². The van der Waals surface area contributed by atoms with Crippen molar-refractivity contribution in [3.63, 3.8) is 0 Å². The third kappa shape index (κ3) is 8.07. The van der Waals surface area contributed by atoms with Gasteiger partial charge in [-0.1, -0.05) is 60.7 Å². The maximum absolute atomic E-state index is 12.9. The molecule has 1 aliphatic heterocycles. The molecule has 0 amide bonds. The van der Waals surface area contributed by atoms with Crippen LogP contribution in [0.1, 0.15) is 25.0 Å². The molecule has 3 rings (SSSR count). The van der Waals surface area contributed by atoms with E-state index in [0.717, 1.165) is 11.1 Å². The highest BCUT2D eigenvalue weighted by Gasteiger charge is 2.46. The average Bonchev–Trinajstić information content (AvgIpc) is 2.87. The lowest BCUT2D eigenvalue weighted by Crippen LogP contribution is -2.59.